The lowest BCUT2D eigenvalue weighted by Crippen LogP contribution is -2.34. The van der Waals surface area contributed by atoms with Gasteiger partial charge in [0.2, 0.25) is 5.91 Å². The van der Waals surface area contributed by atoms with E-state index in [1.807, 2.05) is 0 Å². The first-order chi connectivity index (χ1) is 9.56. The number of benzene rings is 1. The lowest BCUT2D eigenvalue weighted by atomic mass is 10.1. The molecular weight excluding hydrogens is 327 g/mol. The van der Waals surface area contributed by atoms with Gasteiger partial charge in [-0.1, -0.05) is 0 Å². The SMILES string of the molecule is Cc1cc(F)c(Br)cc1NC(=O)COC1CCNCC1. The van der Waals surface area contributed by atoms with Gasteiger partial charge in [-0.15, -0.1) is 0 Å². The first-order valence-electron chi connectivity index (χ1n) is 6.64. The van der Waals surface area contributed by atoms with Crippen molar-refractivity contribution < 1.29 is 13.9 Å². The molecule has 0 bridgehead atoms. The summed E-state index contributed by atoms with van der Waals surface area (Å²) in [6.07, 6.45) is 1.99. The number of halogens is 2. The standard InChI is InChI=1S/C14H18BrFN2O2/c1-9-6-12(16)11(15)7-13(9)18-14(19)8-20-10-2-4-17-5-3-10/h6-7,10,17H,2-5,8H2,1H3,(H,18,19). The number of ether oxygens (including phenoxy) is 1. The smallest absolute Gasteiger partial charge is 0.250 e. The number of amides is 1. The fourth-order valence-electron chi connectivity index (χ4n) is 2.12. The van der Waals surface area contributed by atoms with Crippen LogP contribution >= 0.6 is 15.9 Å². The predicted octanol–water partition coefficient (Wildman–Crippen LogP) is 2.60. The van der Waals surface area contributed by atoms with E-state index in [4.69, 9.17) is 4.74 Å². The average Bonchev–Trinajstić information content (AvgIpc) is 2.44. The number of hydrogen-bond acceptors (Lipinski definition) is 3. The largest absolute Gasteiger partial charge is 0.368 e. The second kappa shape index (κ2) is 7.15. The van der Waals surface area contributed by atoms with Crippen LogP contribution in [0.4, 0.5) is 10.1 Å². The minimum absolute atomic E-state index is 0.0269. The van der Waals surface area contributed by atoms with E-state index < -0.39 is 0 Å². The van der Waals surface area contributed by atoms with Crippen LogP contribution < -0.4 is 10.6 Å². The molecule has 4 nitrogen and oxygen atoms in total. The molecule has 0 saturated carbocycles. The highest BCUT2D eigenvalue weighted by atomic mass is 79.9. The molecule has 1 amide bonds. The maximum atomic E-state index is 13.3. The van der Waals surface area contributed by atoms with Gasteiger partial charge in [0.05, 0.1) is 10.6 Å². The van der Waals surface area contributed by atoms with Crippen molar-refractivity contribution in [2.24, 2.45) is 0 Å². The second-order valence-electron chi connectivity index (χ2n) is 4.89. The molecule has 1 heterocycles. The molecule has 2 N–H and O–H groups in total. The van der Waals surface area contributed by atoms with Crippen molar-refractivity contribution >= 4 is 27.5 Å². The van der Waals surface area contributed by atoms with Gasteiger partial charge >= 0.3 is 0 Å². The highest BCUT2D eigenvalue weighted by Gasteiger charge is 2.15. The Hall–Kier alpha value is -0.980. The molecule has 1 aliphatic rings. The predicted molar refractivity (Wildman–Crippen MR) is 79.3 cm³/mol. The van der Waals surface area contributed by atoms with Crippen LogP contribution in [0.1, 0.15) is 18.4 Å². The molecule has 0 aliphatic carbocycles. The van der Waals surface area contributed by atoms with Gasteiger partial charge in [0.15, 0.2) is 0 Å². The lowest BCUT2D eigenvalue weighted by Gasteiger charge is -2.22. The fraction of sp³-hybridized carbons (Fsp3) is 0.500. The second-order valence-corrected chi connectivity index (χ2v) is 5.74. The molecule has 0 atom stereocenters. The molecule has 110 valence electrons. The van der Waals surface area contributed by atoms with Crippen molar-refractivity contribution in [1.82, 2.24) is 5.32 Å². The highest BCUT2D eigenvalue weighted by molar-refractivity contribution is 9.10. The van der Waals surface area contributed by atoms with Crippen molar-refractivity contribution in [3.05, 3.63) is 28.0 Å². The van der Waals surface area contributed by atoms with Gasteiger partial charge in [-0.05, 0) is 66.5 Å². The Morgan fingerprint density at radius 3 is 2.90 bits per heavy atom. The van der Waals surface area contributed by atoms with Gasteiger partial charge in [0.1, 0.15) is 12.4 Å². The quantitative estimate of drug-likeness (QED) is 0.882. The lowest BCUT2D eigenvalue weighted by molar-refractivity contribution is -0.123. The summed E-state index contributed by atoms with van der Waals surface area (Å²) in [6, 6.07) is 2.94. The summed E-state index contributed by atoms with van der Waals surface area (Å²) in [4.78, 5) is 11.8. The molecule has 0 spiro atoms. The Labute approximate surface area is 126 Å². The summed E-state index contributed by atoms with van der Waals surface area (Å²) < 4.78 is 19.2. The minimum atomic E-state index is -0.341. The summed E-state index contributed by atoms with van der Waals surface area (Å²) in [5, 5.41) is 5.98. The van der Waals surface area contributed by atoms with Crippen LogP contribution in [-0.2, 0) is 9.53 Å². The third kappa shape index (κ3) is 4.26. The van der Waals surface area contributed by atoms with Crippen molar-refractivity contribution in [3.8, 4) is 0 Å². The number of hydrogen-bond donors (Lipinski definition) is 2. The number of aryl methyl sites for hydroxylation is 1. The van der Waals surface area contributed by atoms with Gasteiger partial charge in [-0.3, -0.25) is 4.79 Å². The van der Waals surface area contributed by atoms with Crippen molar-refractivity contribution in [2.75, 3.05) is 25.0 Å². The molecule has 1 aromatic rings. The third-order valence-electron chi connectivity index (χ3n) is 3.28. The van der Waals surface area contributed by atoms with Crippen LogP contribution in [0.25, 0.3) is 0 Å². The molecule has 1 fully saturated rings. The van der Waals surface area contributed by atoms with Crippen LogP contribution in [-0.4, -0.2) is 31.7 Å². The molecule has 1 aliphatic heterocycles. The molecule has 1 saturated heterocycles. The van der Waals surface area contributed by atoms with Crippen LogP contribution in [0.3, 0.4) is 0 Å². The molecule has 1 aromatic carbocycles. The Morgan fingerprint density at radius 2 is 2.20 bits per heavy atom. The molecule has 2 rings (SSSR count). The molecule has 6 heteroatoms. The van der Waals surface area contributed by atoms with E-state index in [0.717, 1.165) is 25.9 Å². The van der Waals surface area contributed by atoms with Crippen molar-refractivity contribution in [3.63, 3.8) is 0 Å². The van der Waals surface area contributed by atoms with E-state index in [1.165, 1.54) is 6.07 Å². The first-order valence-corrected chi connectivity index (χ1v) is 7.43. The van der Waals surface area contributed by atoms with Crippen molar-refractivity contribution in [2.45, 2.75) is 25.9 Å². The van der Waals surface area contributed by atoms with Gasteiger partial charge in [-0.2, -0.15) is 0 Å². The summed E-state index contributed by atoms with van der Waals surface area (Å²) in [6.45, 7) is 3.63. The fourth-order valence-corrected chi connectivity index (χ4v) is 2.47. The summed E-state index contributed by atoms with van der Waals surface area (Å²) >= 11 is 3.11. The summed E-state index contributed by atoms with van der Waals surface area (Å²) in [5.74, 6) is -0.559. The van der Waals surface area contributed by atoms with E-state index >= 15 is 0 Å². The number of rotatable bonds is 4. The maximum absolute atomic E-state index is 13.3. The maximum Gasteiger partial charge on any atom is 0.250 e. The average molecular weight is 345 g/mol. The molecule has 0 radical (unpaired) electrons. The van der Waals surface area contributed by atoms with E-state index in [1.54, 1.807) is 13.0 Å². The monoisotopic (exact) mass is 344 g/mol. The highest BCUT2D eigenvalue weighted by Crippen LogP contribution is 2.24. The molecular formula is C14H18BrFN2O2. The van der Waals surface area contributed by atoms with E-state index in [0.29, 0.717) is 15.7 Å². The first kappa shape index (κ1) is 15.4. The van der Waals surface area contributed by atoms with Gasteiger partial charge in [0, 0.05) is 5.69 Å². The van der Waals surface area contributed by atoms with E-state index in [-0.39, 0.29) is 24.4 Å². The number of carbonyl (C=O) groups excluding carboxylic acids is 1. The number of nitrogens with one attached hydrogen (secondary N) is 2. The van der Waals surface area contributed by atoms with Gasteiger partial charge < -0.3 is 15.4 Å². The van der Waals surface area contributed by atoms with E-state index in [9.17, 15) is 9.18 Å². The van der Waals surface area contributed by atoms with Crippen LogP contribution in [0, 0.1) is 12.7 Å². The Kier molecular flexibility index (Phi) is 5.51. The summed E-state index contributed by atoms with van der Waals surface area (Å²) in [7, 11) is 0. The zero-order chi connectivity index (χ0) is 14.5. The normalized spacial score (nSPS) is 16.1. The molecule has 20 heavy (non-hydrogen) atoms. The van der Waals surface area contributed by atoms with Gasteiger partial charge in [0.25, 0.3) is 0 Å². The molecule has 0 aromatic heterocycles. The number of piperidine rings is 1. The number of carbonyl (C=O) groups is 1. The minimum Gasteiger partial charge on any atom is -0.368 e. The van der Waals surface area contributed by atoms with Crippen LogP contribution in [0.5, 0.6) is 0 Å². The zero-order valence-electron chi connectivity index (χ0n) is 11.3. The van der Waals surface area contributed by atoms with Crippen molar-refractivity contribution in [1.29, 1.82) is 0 Å². The third-order valence-corrected chi connectivity index (χ3v) is 3.89. The Morgan fingerprint density at radius 1 is 1.50 bits per heavy atom. The zero-order valence-corrected chi connectivity index (χ0v) is 12.9. The van der Waals surface area contributed by atoms with Crippen LogP contribution in [0.15, 0.2) is 16.6 Å². The molecule has 0 unspecified atom stereocenters. The number of anilines is 1. The van der Waals surface area contributed by atoms with Gasteiger partial charge in [-0.25, -0.2) is 4.39 Å². The Bertz CT molecular complexity index is 490. The van der Waals surface area contributed by atoms with Crippen LogP contribution in [0.2, 0.25) is 0 Å². The Balaban J connectivity index is 1.86. The topological polar surface area (TPSA) is 50.4 Å². The summed E-state index contributed by atoms with van der Waals surface area (Å²) in [5.41, 5.74) is 1.28. The van der Waals surface area contributed by atoms with E-state index in [2.05, 4.69) is 26.6 Å².